The Labute approximate surface area is 261 Å². The lowest BCUT2D eigenvalue weighted by Crippen LogP contribution is -2.45. The Bertz CT molecular complexity index is 1520. The van der Waals surface area contributed by atoms with E-state index in [4.69, 9.17) is 4.98 Å². The first-order valence-corrected chi connectivity index (χ1v) is 16.3. The number of nitrogens with zero attached hydrogens (tertiary/aromatic N) is 4. The third kappa shape index (κ3) is 6.40. The van der Waals surface area contributed by atoms with Crippen molar-refractivity contribution in [3.05, 3.63) is 72.3 Å². The van der Waals surface area contributed by atoms with Crippen LogP contribution >= 0.6 is 0 Å². The molecule has 3 aliphatic rings. The van der Waals surface area contributed by atoms with Crippen molar-refractivity contribution in [1.29, 1.82) is 0 Å². The van der Waals surface area contributed by atoms with E-state index < -0.39 is 0 Å². The largest absolute Gasteiger partial charge is 0.366 e. The molecule has 1 unspecified atom stereocenters. The summed E-state index contributed by atoms with van der Waals surface area (Å²) in [7, 11) is 0. The van der Waals surface area contributed by atoms with Crippen LogP contribution in [0.1, 0.15) is 83.6 Å². The van der Waals surface area contributed by atoms with Crippen molar-refractivity contribution in [3.8, 4) is 22.4 Å². The van der Waals surface area contributed by atoms with Crippen molar-refractivity contribution in [2.45, 2.75) is 78.4 Å². The number of likely N-dealkylation sites (tertiary alicyclic amines) is 2. The van der Waals surface area contributed by atoms with E-state index in [1.807, 2.05) is 11.1 Å². The van der Waals surface area contributed by atoms with Gasteiger partial charge in [0.05, 0.1) is 30.3 Å². The number of rotatable bonds is 9. The Morgan fingerprint density at radius 2 is 1.45 bits per heavy atom. The van der Waals surface area contributed by atoms with Crippen molar-refractivity contribution < 1.29 is 9.59 Å². The van der Waals surface area contributed by atoms with Crippen LogP contribution in [0.5, 0.6) is 0 Å². The van der Waals surface area contributed by atoms with Gasteiger partial charge in [0.25, 0.3) is 0 Å². The zero-order chi connectivity index (χ0) is 30.8. The molecule has 0 saturated carbocycles. The molecule has 1 aromatic heterocycles. The molecule has 4 heterocycles. The molecular weight excluding hydrogens is 548 g/mol. The van der Waals surface area contributed by atoms with Crippen LogP contribution in [0.2, 0.25) is 0 Å². The first-order valence-electron chi connectivity index (χ1n) is 16.3. The Hall–Kier alpha value is -4.07. The molecule has 2 atom stereocenters. The van der Waals surface area contributed by atoms with Gasteiger partial charge in [-0.25, -0.2) is 4.98 Å². The van der Waals surface area contributed by atoms with Gasteiger partial charge in [-0.15, -0.1) is 0 Å². The Morgan fingerprint density at radius 1 is 0.841 bits per heavy atom. The molecule has 8 nitrogen and oxygen atoms in total. The van der Waals surface area contributed by atoms with Crippen LogP contribution in [-0.4, -0.2) is 62.4 Å². The van der Waals surface area contributed by atoms with E-state index in [1.54, 1.807) is 0 Å². The summed E-state index contributed by atoms with van der Waals surface area (Å²) in [5.74, 6) is 2.07. The topological polar surface area (TPSA) is 84.6 Å². The van der Waals surface area contributed by atoms with Crippen molar-refractivity contribution in [1.82, 2.24) is 30.0 Å². The number of amides is 2. The molecule has 44 heavy (non-hydrogen) atoms. The monoisotopic (exact) mass is 594 g/mol. The van der Waals surface area contributed by atoms with Gasteiger partial charge in [0.1, 0.15) is 12.0 Å². The van der Waals surface area contributed by atoms with Crippen LogP contribution in [0, 0.1) is 11.8 Å². The van der Waals surface area contributed by atoms with E-state index in [0.29, 0.717) is 31.3 Å². The average Bonchev–Trinajstić information content (AvgIpc) is 3.82. The fourth-order valence-electron chi connectivity index (χ4n) is 6.85. The number of aromatic nitrogens is 2. The number of H-pyrrole nitrogens is 1. The number of carbonyl (C=O) groups is 2. The fraction of sp³-hybridized carbons (Fsp3) is 0.472. The average molecular weight is 595 g/mol. The summed E-state index contributed by atoms with van der Waals surface area (Å²) in [6.45, 7) is 10.7. The zero-order valence-electron chi connectivity index (χ0n) is 26.6. The van der Waals surface area contributed by atoms with Gasteiger partial charge in [0.2, 0.25) is 11.8 Å². The number of benzene rings is 2. The van der Waals surface area contributed by atoms with E-state index in [9.17, 15) is 9.59 Å². The van der Waals surface area contributed by atoms with Crippen LogP contribution in [-0.2, 0) is 9.59 Å². The van der Waals surface area contributed by atoms with Gasteiger partial charge in [-0.1, -0.05) is 64.1 Å². The molecule has 8 heteroatoms. The highest BCUT2D eigenvalue weighted by atomic mass is 16.2. The first-order chi connectivity index (χ1) is 21.3. The van der Waals surface area contributed by atoms with E-state index in [2.05, 4.69) is 103 Å². The summed E-state index contributed by atoms with van der Waals surface area (Å²) in [6.07, 6.45) is 9.39. The van der Waals surface area contributed by atoms with Crippen LogP contribution in [0.15, 0.2) is 60.9 Å². The molecule has 2 saturated heterocycles. The molecule has 6 rings (SSSR count). The molecule has 0 radical (unpaired) electrons. The molecule has 0 spiro atoms. The van der Waals surface area contributed by atoms with Gasteiger partial charge >= 0.3 is 0 Å². The first kappa shape index (κ1) is 30.0. The van der Waals surface area contributed by atoms with E-state index >= 15 is 0 Å². The van der Waals surface area contributed by atoms with E-state index in [-0.39, 0.29) is 24.0 Å². The summed E-state index contributed by atoms with van der Waals surface area (Å²) in [5, 5.41) is 3.58. The fourth-order valence-corrected chi connectivity index (χ4v) is 6.85. The second-order valence-electron chi connectivity index (χ2n) is 13.4. The number of hydrogen-bond acceptors (Lipinski definition) is 5. The smallest absolute Gasteiger partial charge is 0.224 e. The Kier molecular flexibility index (Phi) is 8.78. The van der Waals surface area contributed by atoms with E-state index in [1.165, 1.54) is 0 Å². The molecule has 0 bridgehead atoms. The molecule has 2 fully saturated rings. The summed E-state index contributed by atoms with van der Waals surface area (Å²) in [4.78, 5) is 40.4. The second kappa shape index (κ2) is 12.9. The zero-order valence-corrected chi connectivity index (χ0v) is 26.6. The normalized spacial score (nSPS) is 20.1. The molecule has 2 N–H and O–H groups in total. The van der Waals surface area contributed by atoms with Crippen LogP contribution < -0.4 is 5.32 Å². The highest BCUT2D eigenvalue weighted by molar-refractivity contribution is 5.78. The van der Waals surface area contributed by atoms with Crippen molar-refractivity contribution in [2.75, 3.05) is 19.8 Å². The van der Waals surface area contributed by atoms with E-state index in [0.717, 1.165) is 78.2 Å². The SMILES string of the molecule is CC(C)CC(=O)N1CCCC1N1C=C(c2cccc(-c3cccc(-c4cnc([C@@H]5CCCN5C(=O)CC(C)C)[nH]4)c3)c2)NC1. The van der Waals surface area contributed by atoms with Crippen molar-refractivity contribution in [2.24, 2.45) is 11.8 Å². The van der Waals surface area contributed by atoms with Crippen LogP contribution in [0.3, 0.4) is 0 Å². The standard InChI is InChI=1S/C36H46N6O2/c1-24(2)17-34(43)41-15-7-13-32(41)36-37-21-30(39-36)28-11-5-9-26(19-28)27-10-6-12-29(20-27)31-22-40(23-38-31)33-14-8-16-42(33)35(44)18-25(3)4/h5-6,9-12,19-22,24-25,32-33,38H,7-8,13-18,23H2,1-4H3,(H,37,39)/t32-,33?/m0/s1. The van der Waals surface area contributed by atoms with Gasteiger partial charge < -0.3 is 25.0 Å². The molecule has 0 aliphatic carbocycles. The Morgan fingerprint density at radius 3 is 2.18 bits per heavy atom. The quantitative estimate of drug-likeness (QED) is 0.291. The number of aromatic amines is 1. The predicted molar refractivity (Wildman–Crippen MR) is 175 cm³/mol. The van der Waals surface area contributed by atoms with Crippen LogP contribution in [0.25, 0.3) is 28.1 Å². The van der Waals surface area contributed by atoms with Gasteiger partial charge in [0.15, 0.2) is 0 Å². The van der Waals surface area contributed by atoms with Crippen molar-refractivity contribution >= 4 is 17.5 Å². The third-order valence-corrected chi connectivity index (χ3v) is 9.00. The number of hydrogen-bond donors (Lipinski definition) is 2. The molecule has 2 aromatic carbocycles. The lowest BCUT2D eigenvalue weighted by Gasteiger charge is -2.32. The predicted octanol–water partition coefficient (Wildman–Crippen LogP) is 6.61. The minimum absolute atomic E-state index is 0.0197. The number of imidazole rings is 1. The molecule has 3 aliphatic heterocycles. The lowest BCUT2D eigenvalue weighted by molar-refractivity contribution is -0.135. The summed E-state index contributed by atoms with van der Waals surface area (Å²) < 4.78 is 0. The maximum atomic E-state index is 12.9. The van der Waals surface area contributed by atoms with Gasteiger partial charge in [-0.2, -0.15) is 0 Å². The van der Waals surface area contributed by atoms with Gasteiger partial charge in [0, 0.05) is 37.7 Å². The Balaban J connectivity index is 1.18. The highest BCUT2D eigenvalue weighted by Gasteiger charge is 2.34. The van der Waals surface area contributed by atoms with Gasteiger partial charge in [-0.05, 0) is 66.3 Å². The third-order valence-electron chi connectivity index (χ3n) is 9.00. The summed E-state index contributed by atoms with van der Waals surface area (Å²) in [6, 6.07) is 17.2. The number of carbonyl (C=O) groups excluding carboxylic acids is 2. The lowest BCUT2D eigenvalue weighted by atomic mass is 9.99. The van der Waals surface area contributed by atoms with Crippen LogP contribution in [0.4, 0.5) is 0 Å². The number of nitrogens with one attached hydrogen (secondary N) is 2. The minimum atomic E-state index is 0.0197. The highest BCUT2D eigenvalue weighted by Crippen LogP contribution is 2.34. The molecular formula is C36H46N6O2. The minimum Gasteiger partial charge on any atom is -0.366 e. The maximum Gasteiger partial charge on any atom is 0.224 e. The summed E-state index contributed by atoms with van der Waals surface area (Å²) in [5.41, 5.74) is 6.52. The maximum absolute atomic E-state index is 12.9. The van der Waals surface area contributed by atoms with Crippen molar-refractivity contribution in [3.63, 3.8) is 0 Å². The molecule has 2 amide bonds. The summed E-state index contributed by atoms with van der Waals surface area (Å²) >= 11 is 0. The van der Waals surface area contributed by atoms with Gasteiger partial charge in [-0.3, -0.25) is 9.59 Å². The molecule has 3 aromatic rings. The second-order valence-corrected chi connectivity index (χ2v) is 13.4. The molecule has 232 valence electrons.